The Morgan fingerprint density at radius 2 is 1.87 bits per heavy atom. The van der Waals surface area contributed by atoms with Crippen LogP contribution in [0.1, 0.15) is 65.7 Å². The van der Waals surface area contributed by atoms with E-state index in [1.807, 2.05) is 20.8 Å². The van der Waals surface area contributed by atoms with Crippen molar-refractivity contribution in [3.05, 3.63) is 0 Å². The zero-order chi connectivity index (χ0) is 17.0. The first-order valence-corrected chi connectivity index (χ1v) is 9.12. The van der Waals surface area contributed by atoms with Gasteiger partial charge in [-0.2, -0.15) is 0 Å². The highest BCUT2D eigenvalue weighted by Crippen LogP contribution is 2.29. The summed E-state index contributed by atoms with van der Waals surface area (Å²) in [7, 11) is 2.13. The average molecular weight is 326 g/mol. The average Bonchev–Trinajstić information content (AvgIpc) is 2.91. The summed E-state index contributed by atoms with van der Waals surface area (Å²) in [5, 5.41) is 13.1. The fourth-order valence-corrected chi connectivity index (χ4v) is 3.98. The van der Waals surface area contributed by atoms with Gasteiger partial charge in [-0.1, -0.05) is 12.8 Å². The standard InChI is InChI=1S/C18H34N2O3/c1-18(2,3)23-17(22)19-15-10-9-14(21)11-16(15)20(4)12-13-7-5-6-8-13/h13-16,21H,5-12H2,1-4H3,(H,19,22). The molecule has 5 heteroatoms. The Morgan fingerprint density at radius 1 is 1.22 bits per heavy atom. The maximum absolute atomic E-state index is 12.1. The zero-order valence-corrected chi connectivity index (χ0v) is 15.2. The lowest BCUT2D eigenvalue weighted by Gasteiger charge is -2.41. The molecule has 0 radical (unpaired) electrons. The van der Waals surface area contributed by atoms with Crippen LogP contribution >= 0.6 is 0 Å². The molecule has 0 saturated heterocycles. The minimum Gasteiger partial charge on any atom is -0.444 e. The number of carbonyl (C=O) groups is 1. The van der Waals surface area contributed by atoms with E-state index in [9.17, 15) is 9.90 Å². The van der Waals surface area contributed by atoms with Gasteiger partial charge in [-0.05, 0) is 65.8 Å². The lowest BCUT2D eigenvalue weighted by atomic mass is 9.87. The van der Waals surface area contributed by atoms with Crippen LogP contribution in [0, 0.1) is 5.92 Å². The van der Waals surface area contributed by atoms with Crippen molar-refractivity contribution in [3.63, 3.8) is 0 Å². The second-order valence-corrected chi connectivity index (χ2v) is 8.38. The predicted molar refractivity (Wildman–Crippen MR) is 91.4 cm³/mol. The van der Waals surface area contributed by atoms with E-state index in [1.54, 1.807) is 0 Å². The van der Waals surface area contributed by atoms with Crippen molar-refractivity contribution >= 4 is 6.09 Å². The first kappa shape index (κ1) is 18.5. The second kappa shape index (κ2) is 7.84. The third-order valence-electron chi connectivity index (χ3n) is 5.08. The van der Waals surface area contributed by atoms with Crippen LogP contribution in [-0.2, 0) is 4.74 Å². The molecular weight excluding hydrogens is 292 g/mol. The van der Waals surface area contributed by atoms with Crippen molar-refractivity contribution in [3.8, 4) is 0 Å². The van der Waals surface area contributed by atoms with Crippen LogP contribution in [0.3, 0.4) is 0 Å². The molecule has 0 aromatic carbocycles. The topological polar surface area (TPSA) is 61.8 Å². The predicted octanol–water partition coefficient (Wildman–Crippen LogP) is 2.92. The number of hydrogen-bond donors (Lipinski definition) is 2. The summed E-state index contributed by atoms with van der Waals surface area (Å²) in [5.41, 5.74) is -0.483. The van der Waals surface area contributed by atoms with Gasteiger partial charge in [0, 0.05) is 18.6 Å². The smallest absolute Gasteiger partial charge is 0.407 e. The molecule has 5 nitrogen and oxygen atoms in total. The van der Waals surface area contributed by atoms with Crippen LogP contribution in [0.2, 0.25) is 0 Å². The molecule has 0 aromatic heterocycles. The number of hydrogen-bond acceptors (Lipinski definition) is 4. The molecule has 2 saturated carbocycles. The van der Waals surface area contributed by atoms with E-state index < -0.39 is 5.60 Å². The molecule has 2 rings (SSSR count). The molecule has 134 valence electrons. The number of likely N-dealkylation sites (N-methyl/N-ethyl adjacent to an activating group) is 1. The largest absolute Gasteiger partial charge is 0.444 e. The van der Waals surface area contributed by atoms with Crippen LogP contribution < -0.4 is 5.32 Å². The molecule has 2 aliphatic rings. The van der Waals surface area contributed by atoms with Crippen molar-refractivity contribution in [1.29, 1.82) is 0 Å². The van der Waals surface area contributed by atoms with E-state index in [2.05, 4.69) is 17.3 Å². The monoisotopic (exact) mass is 326 g/mol. The van der Waals surface area contributed by atoms with Crippen LogP contribution in [-0.4, -0.2) is 53.5 Å². The van der Waals surface area contributed by atoms with Crippen molar-refractivity contribution in [1.82, 2.24) is 10.2 Å². The molecule has 2 N–H and O–H groups in total. The maximum Gasteiger partial charge on any atom is 0.407 e. The summed E-state index contributed by atoms with van der Waals surface area (Å²) in [6.45, 7) is 6.69. The van der Waals surface area contributed by atoms with Gasteiger partial charge >= 0.3 is 6.09 Å². The summed E-state index contributed by atoms with van der Waals surface area (Å²) in [4.78, 5) is 14.5. The SMILES string of the molecule is CN(CC1CCCC1)C1CC(O)CCC1NC(=O)OC(C)(C)C. The molecule has 0 spiro atoms. The Kier molecular flexibility index (Phi) is 6.32. The number of aliphatic hydroxyl groups excluding tert-OH is 1. The van der Waals surface area contributed by atoms with E-state index >= 15 is 0 Å². The third-order valence-corrected chi connectivity index (χ3v) is 5.08. The molecule has 0 aliphatic heterocycles. The van der Waals surface area contributed by atoms with E-state index in [4.69, 9.17) is 4.74 Å². The number of ether oxygens (including phenoxy) is 1. The highest BCUT2D eigenvalue weighted by Gasteiger charge is 2.35. The van der Waals surface area contributed by atoms with Crippen LogP contribution in [0.15, 0.2) is 0 Å². The number of nitrogens with zero attached hydrogens (tertiary/aromatic N) is 1. The number of nitrogens with one attached hydrogen (secondary N) is 1. The Balaban J connectivity index is 1.93. The molecule has 0 heterocycles. The Bertz CT molecular complexity index is 388. The minimum absolute atomic E-state index is 0.0552. The Hall–Kier alpha value is -0.810. The van der Waals surface area contributed by atoms with E-state index in [0.717, 1.165) is 31.7 Å². The van der Waals surface area contributed by atoms with Gasteiger partial charge in [-0.3, -0.25) is 0 Å². The van der Waals surface area contributed by atoms with Gasteiger partial charge in [0.2, 0.25) is 0 Å². The van der Waals surface area contributed by atoms with Gasteiger partial charge < -0.3 is 20.1 Å². The normalized spacial score (nSPS) is 29.7. The molecule has 2 aliphatic carbocycles. The fourth-order valence-electron chi connectivity index (χ4n) is 3.98. The van der Waals surface area contributed by atoms with E-state index in [-0.39, 0.29) is 24.3 Å². The zero-order valence-electron chi connectivity index (χ0n) is 15.2. The van der Waals surface area contributed by atoms with E-state index in [1.165, 1.54) is 25.7 Å². The lowest BCUT2D eigenvalue weighted by Crippen LogP contribution is -2.55. The van der Waals surface area contributed by atoms with Gasteiger partial charge in [0.15, 0.2) is 0 Å². The molecule has 3 atom stereocenters. The minimum atomic E-state index is -0.483. The Labute approximate surface area is 140 Å². The van der Waals surface area contributed by atoms with Crippen molar-refractivity contribution in [2.24, 2.45) is 5.92 Å². The second-order valence-electron chi connectivity index (χ2n) is 8.38. The quantitative estimate of drug-likeness (QED) is 0.834. The molecule has 23 heavy (non-hydrogen) atoms. The first-order chi connectivity index (χ1) is 10.7. The maximum atomic E-state index is 12.1. The van der Waals surface area contributed by atoms with Gasteiger partial charge in [0.25, 0.3) is 0 Å². The highest BCUT2D eigenvalue weighted by molar-refractivity contribution is 5.68. The van der Waals surface area contributed by atoms with Crippen molar-refractivity contribution < 1.29 is 14.6 Å². The fraction of sp³-hybridized carbons (Fsp3) is 0.944. The summed E-state index contributed by atoms with van der Waals surface area (Å²) >= 11 is 0. The molecule has 0 bridgehead atoms. The lowest BCUT2D eigenvalue weighted by molar-refractivity contribution is 0.0260. The van der Waals surface area contributed by atoms with Gasteiger partial charge in [-0.25, -0.2) is 4.79 Å². The van der Waals surface area contributed by atoms with Gasteiger partial charge in [-0.15, -0.1) is 0 Å². The van der Waals surface area contributed by atoms with Crippen LogP contribution in [0.25, 0.3) is 0 Å². The first-order valence-electron chi connectivity index (χ1n) is 9.12. The van der Waals surface area contributed by atoms with E-state index in [0.29, 0.717) is 0 Å². The number of amides is 1. The van der Waals surface area contributed by atoms with Crippen LogP contribution in [0.4, 0.5) is 4.79 Å². The third kappa shape index (κ3) is 5.96. The molecule has 1 amide bonds. The van der Waals surface area contributed by atoms with Gasteiger partial charge in [0.1, 0.15) is 5.60 Å². The van der Waals surface area contributed by atoms with Crippen LogP contribution in [0.5, 0.6) is 0 Å². The number of carbonyl (C=O) groups excluding carboxylic acids is 1. The number of alkyl carbamates (subject to hydrolysis) is 1. The Morgan fingerprint density at radius 3 is 2.48 bits per heavy atom. The molecule has 0 aromatic rings. The summed E-state index contributed by atoms with van der Waals surface area (Å²) in [6.07, 6.45) is 6.96. The number of rotatable bonds is 4. The highest BCUT2D eigenvalue weighted by atomic mass is 16.6. The van der Waals surface area contributed by atoms with Gasteiger partial charge in [0.05, 0.1) is 6.10 Å². The molecule has 3 unspecified atom stereocenters. The summed E-state index contributed by atoms with van der Waals surface area (Å²) in [6, 6.07) is 0.242. The van der Waals surface area contributed by atoms with Crippen molar-refractivity contribution in [2.75, 3.05) is 13.6 Å². The molecule has 2 fully saturated rings. The summed E-state index contributed by atoms with van der Waals surface area (Å²) in [5.74, 6) is 0.765. The summed E-state index contributed by atoms with van der Waals surface area (Å²) < 4.78 is 5.40. The number of aliphatic hydroxyl groups is 1. The van der Waals surface area contributed by atoms with Crippen molar-refractivity contribution in [2.45, 2.75) is 89.5 Å². The molecular formula is C18H34N2O3.